The molecule has 2 N–H and O–H groups in total. The van der Waals surface area contributed by atoms with E-state index in [2.05, 4.69) is 27.7 Å². The Morgan fingerprint density at radius 2 is 1.73 bits per heavy atom. The standard InChI is InChI=1S/C10H21N/c1-7-5-6-9(11)8(2)10(7,3)4/h7-9H,5-6,11H2,1-4H3. The summed E-state index contributed by atoms with van der Waals surface area (Å²) in [6.07, 6.45) is 2.52. The Kier molecular flexibility index (Phi) is 2.29. The molecule has 0 aliphatic heterocycles. The van der Waals surface area contributed by atoms with Crippen LogP contribution in [0.2, 0.25) is 0 Å². The number of hydrogen-bond donors (Lipinski definition) is 1. The number of nitrogens with two attached hydrogens (primary N) is 1. The van der Waals surface area contributed by atoms with Gasteiger partial charge in [0.15, 0.2) is 0 Å². The van der Waals surface area contributed by atoms with Crippen LogP contribution in [0.3, 0.4) is 0 Å². The van der Waals surface area contributed by atoms with E-state index < -0.39 is 0 Å². The van der Waals surface area contributed by atoms with E-state index in [4.69, 9.17) is 5.73 Å². The van der Waals surface area contributed by atoms with Gasteiger partial charge in [0.05, 0.1) is 0 Å². The van der Waals surface area contributed by atoms with Crippen LogP contribution >= 0.6 is 0 Å². The van der Waals surface area contributed by atoms with Gasteiger partial charge in [-0.2, -0.15) is 0 Å². The Hall–Kier alpha value is -0.0400. The second-order valence-corrected chi connectivity index (χ2v) is 4.75. The highest BCUT2D eigenvalue weighted by atomic mass is 14.7. The largest absolute Gasteiger partial charge is 0.327 e. The molecule has 1 saturated carbocycles. The Balaban J connectivity index is 2.72. The molecule has 1 nitrogen and oxygen atoms in total. The van der Waals surface area contributed by atoms with Crippen LogP contribution < -0.4 is 5.73 Å². The first-order valence-corrected chi connectivity index (χ1v) is 4.72. The zero-order chi connectivity index (χ0) is 8.65. The summed E-state index contributed by atoms with van der Waals surface area (Å²) in [4.78, 5) is 0. The molecule has 3 unspecified atom stereocenters. The topological polar surface area (TPSA) is 26.0 Å². The SMILES string of the molecule is CC1CCC(N)C(C)C1(C)C. The molecular weight excluding hydrogens is 134 g/mol. The maximum Gasteiger partial charge on any atom is 0.00698 e. The minimum atomic E-state index is 0.432. The van der Waals surface area contributed by atoms with Gasteiger partial charge >= 0.3 is 0 Å². The van der Waals surface area contributed by atoms with Gasteiger partial charge in [0.2, 0.25) is 0 Å². The molecule has 1 aliphatic rings. The smallest absolute Gasteiger partial charge is 0.00698 e. The first-order chi connectivity index (χ1) is 4.96. The van der Waals surface area contributed by atoms with Gasteiger partial charge in [0, 0.05) is 6.04 Å². The number of rotatable bonds is 0. The van der Waals surface area contributed by atoms with E-state index in [0.29, 0.717) is 17.4 Å². The van der Waals surface area contributed by atoms with Crippen LogP contribution in [0.4, 0.5) is 0 Å². The third-order valence-corrected chi connectivity index (χ3v) is 4.02. The highest BCUT2D eigenvalue weighted by Gasteiger charge is 2.38. The van der Waals surface area contributed by atoms with Gasteiger partial charge in [0.1, 0.15) is 0 Å². The highest BCUT2D eigenvalue weighted by molar-refractivity contribution is 4.91. The molecular formula is C10H21N. The van der Waals surface area contributed by atoms with Crippen LogP contribution in [0.25, 0.3) is 0 Å². The molecule has 0 aromatic rings. The lowest BCUT2D eigenvalue weighted by Gasteiger charge is -2.45. The quantitative estimate of drug-likeness (QED) is 0.571. The summed E-state index contributed by atoms with van der Waals surface area (Å²) in [5.41, 5.74) is 6.46. The number of hydrogen-bond acceptors (Lipinski definition) is 1. The Morgan fingerprint density at radius 3 is 2.18 bits per heavy atom. The van der Waals surface area contributed by atoms with Gasteiger partial charge in [-0.05, 0) is 30.1 Å². The molecule has 0 amide bonds. The summed E-state index contributed by atoms with van der Waals surface area (Å²) in [5.74, 6) is 1.50. The van der Waals surface area contributed by atoms with Crippen molar-refractivity contribution < 1.29 is 0 Å². The maximum absolute atomic E-state index is 6.02. The van der Waals surface area contributed by atoms with Crippen molar-refractivity contribution in [2.24, 2.45) is 23.0 Å². The van der Waals surface area contributed by atoms with Gasteiger partial charge < -0.3 is 5.73 Å². The van der Waals surface area contributed by atoms with Gasteiger partial charge in [-0.25, -0.2) is 0 Å². The van der Waals surface area contributed by atoms with E-state index in [1.165, 1.54) is 12.8 Å². The lowest BCUT2D eigenvalue weighted by molar-refractivity contribution is 0.0656. The molecule has 1 heteroatoms. The monoisotopic (exact) mass is 155 g/mol. The van der Waals surface area contributed by atoms with Crippen LogP contribution in [0.5, 0.6) is 0 Å². The molecule has 0 radical (unpaired) electrons. The van der Waals surface area contributed by atoms with Crippen molar-refractivity contribution in [3.05, 3.63) is 0 Å². The lowest BCUT2D eigenvalue weighted by Crippen LogP contribution is -2.45. The van der Waals surface area contributed by atoms with Gasteiger partial charge in [-0.3, -0.25) is 0 Å². The zero-order valence-electron chi connectivity index (χ0n) is 8.22. The molecule has 0 aromatic heterocycles. The third kappa shape index (κ3) is 1.44. The zero-order valence-corrected chi connectivity index (χ0v) is 8.22. The Morgan fingerprint density at radius 1 is 1.18 bits per heavy atom. The second kappa shape index (κ2) is 2.78. The maximum atomic E-state index is 6.02. The third-order valence-electron chi connectivity index (χ3n) is 4.02. The van der Waals surface area contributed by atoms with Crippen molar-refractivity contribution in [1.29, 1.82) is 0 Å². The minimum absolute atomic E-state index is 0.432. The summed E-state index contributed by atoms with van der Waals surface area (Å²) < 4.78 is 0. The molecule has 0 aromatic carbocycles. The summed E-state index contributed by atoms with van der Waals surface area (Å²) >= 11 is 0. The van der Waals surface area contributed by atoms with Crippen LogP contribution in [0.15, 0.2) is 0 Å². The molecule has 1 fully saturated rings. The van der Waals surface area contributed by atoms with Gasteiger partial charge in [-0.15, -0.1) is 0 Å². The van der Waals surface area contributed by atoms with Crippen molar-refractivity contribution in [2.75, 3.05) is 0 Å². The predicted octanol–water partition coefficient (Wildman–Crippen LogP) is 2.41. The minimum Gasteiger partial charge on any atom is -0.327 e. The fourth-order valence-electron chi connectivity index (χ4n) is 2.06. The van der Waals surface area contributed by atoms with Crippen LogP contribution in [-0.2, 0) is 0 Å². The van der Waals surface area contributed by atoms with Crippen molar-refractivity contribution in [1.82, 2.24) is 0 Å². The summed E-state index contributed by atoms with van der Waals surface area (Å²) in [7, 11) is 0. The van der Waals surface area contributed by atoms with E-state index in [1.54, 1.807) is 0 Å². The van der Waals surface area contributed by atoms with E-state index in [9.17, 15) is 0 Å². The lowest BCUT2D eigenvalue weighted by atomic mass is 9.62. The molecule has 0 bridgehead atoms. The average Bonchev–Trinajstić information content (AvgIpc) is 1.95. The van der Waals surface area contributed by atoms with E-state index in [-0.39, 0.29) is 0 Å². The Labute approximate surface area is 70.4 Å². The van der Waals surface area contributed by atoms with Gasteiger partial charge in [0.25, 0.3) is 0 Å². The van der Waals surface area contributed by atoms with E-state index >= 15 is 0 Å². The van der Waals surface area contributed by atoms with Crippen molar-refractivity contribution in [3.63, 3.8) is 0 Å². The molecule has 1 rings (SSSR count). The van der Waals surface area contributed by atoms with Crippen molar-refractivity contribution in [3.8, 4) is 0 Å². The molecule has 3 atom stereocenters. The van der Waals surface area contributed by atoms with Crippen LogP contribution in [-0.4, -0.2) is 6.04 Å². The normalized spacial score (nSPS) is 43.9. The average molecular weight is 155 g/mol. The fourth-order valence-corrected chi connectivity index (χ4v) is 2.06. The molecule has 11 heavy (non-hydrogen) atoms. The van der Waals surface area contributed by atoms with Crippen LogP contribution in [0, 0.1) is 17.3 Å². The molecule has 0 saturated heterocycles. The Bertz CT molecular complexity index is 140. The molecule has 1 aliphatic carbocycles. The predicted molar refractivity (Wildman–Crippen MR) is 49.3 cm³/mol. The molecule has 0 heterocycles. The van der Waals surface area contributed by atoms with Crippen molar-refractivity contribution in [2.45, 2.75) is 46.6 Å². The van der Waals surface area contributed by atoms with Crippen molar-refractivity contribution >= 4 is 0 Å². The van der Waals surface area contributed by atoms with E-state index in [1.807, 2.05) is 0 Å². The first kappa shape index (κ1) is 9.05. The molecule has 66 valence electrons. The molecule has 0 spiro atoms. The van der Waals surface area contributed by atoms with Gasteiger partial charge in [-0.1, -0.05) is 27.7 Å². The van der Waals surface area contributed by atoms with Crippen LogP contribution in [0.1, 0.15) is 40.5 Å². The second-order valence-electron chi connectivity index (χ2n) is 4.75. The summed E-state index contributed by atoms with van der Waals surface area (Å²) in [6, 6.07) is 0.432. The highest BCUT2D eigenvalue weighted by Crippen LogP contribution is 2.43. The fraction of sp³-hybridized carbons (Fsp3) is 1.00. The summed E-state index contributed by atoms with van der Waals surface area (Å²) in [6.45, 7) is 9.34. The summed E-state index contributed by atoms with van der Waals surface area (Å²) in [5, 5.41) is 0. The van der Waals surface area contributed by atoms with E-state index in [0.717, 1.165) is 5.92 Å². The first-order valence-electron chi connectivity index (χ1n) is 4.72.